The molecule has 134 valence electrons. The third kappa shape index (κ3) is 4.84. The third-order valence-electron chi connectivity index (χ3n) is 3.55. The lowest BCUT2D eigenvalue weighted by atomic mass is 10.3. The number of thioether (sulfide) groups is 1. The first-order valence-corrected chi connectivity index (χ1v) is 10.4. The molecular formula is C18H16BrN3O2S2. The smallest absolute Gasteiger partial charge is 0.244 e. The predicted octanol–water partition coefficient (Wildman–Crippen LogP) is 4.25. The number of aromatic nitrogens is 1. The van der Waals surface area contributed by atoms with Gasteiger partial charge in [-0.2, -0.15) is 0 Å². The van der Waals surface area contributed by atoms with Gasteiger partial charge in [-0.3, -0.25) is 9.59 Å². The molecule has 0 aliphatic heterocycles. The Labute approximate surface area is 167 Å². The van der Waals surface area contributed by atoms with Crippen LogP contribution in [0.25, 0.3) is 10.2 Å². The summed E-state index contributed by atoms with van der Waals surface area (Å²) < 4.78 is 2.75. The molecule has 2 amide bonds. The first-order valence-electron chi connectivity index (χ1n) is 7.79. The number of fused-ring (bicyclic) bond motifs is 1. The summed E-state index contributed by atoms with van der Waals surface area (Å²) in [7, 11) is 1.63. The number of halogens is 1. The van der Waals surface area contributed by atoms with Crippen molar-refractivity contribution in [3.8, 4) is 0 Å². The van der Waals surface area contributed by atoms with Crippen LogP contribution >= 0.6 is 39.0 Å². The summed E-state index contributed by atoms with van der Waals surface area (Å²) in [6.07, 6.45) is 0. The normalized spacial score (nSPS) is 10.7. The molecule has 0 bridgehead atoms. The second-order valence-corrected chi connectivity index (χ2v) is 8.62. The molecule has 0 aliphatic rings. The van der Waals surface area contributed by atoms with E-state index in [0.717, 1.165) is 19.0 Å². The molecule has 1 N–H and O–H groups in total. The number of hydrogen-bond acceptors (Lipinski definition) is 5. The lowest BCUT2D eigenvalue weighted by Gasteiger charge is -2.16. The Morgan fingerprint density at radius 3 is 2.69 bits per heavy atom. The summed E-state index contributed by atoms with van der Waals surface area (Å²) in [5, 5.41) is 2.79. The Kier molecular flexibility index (Phi) is 6.29. The van der Waals surface area contributed by atoms with Crippen molar-refractivity contribution in [2.24, 2.45) is 0 Å². The highest BCUT2D eigenvalue weighted by molar-refractivity contribution is 9.10. The molecular weight excluding hydrogens is 434 g/mol. The molecule has 1 aromatic heterocycles. The summed E-state index contributed by atoms with van der Waals surface area (Å²) in [5.74, 6) is -0.104. The van der Waals surface area contributed by atoms with Crippen LogP contribution in [0.1, 0.15) is 0 Å². The van der Waals surface area contributed by atoms with Gasteiger partial charge in [-0.05, 0) is 40.2 Å². The minimum atomic E-state index is -0.238. The Balaban J connectivity index is 1.51. The molecule has 2 aromatic carbocycles. The molecule has 1 heterocycles. The lowest BCUT2D eigenvalue weighted by Crippen LogP contribution is -2.36. The quantitative estimate of drug-likeness (QED) is 0.571. The number of carbonyl (C=O) groups is 2. The van der Waals surface area contributed by atoms with Crippen LogP contribution in [0.4, 0.5) is 5.69 Å². The van der Waals surface area contributed by atoms with Crippen molar-refractivity contribution in [2.45, 2.75) is 4.34 Å². The van der Waals surface area contributed by atoms with Crippen LogP contribution in [0, 0.1) is 0 Å². The van der Waals surface area contributed by atoms with E-state index in [1.165, 1.54) is 16.7 Å². The van der Waals surface area contributed by atoms with Gasteiger partial charge in [-0.15, -0.1) is 11.3 Å². The van der Waals surface area contributed by atoms with Crippen LogP contribution in [0.2, 0.25) is 0 Å². The van der Waals surface area contributed by atoms with E-state index in [2.05, 4.69) is 26.2 Å². The van der Waals surface area contributed by atoms with Gasteiger partial charge in [0, 0.05) is 11.5 Å². The van der Waals surface area contributed by atoms with Crippen LogP contribution in [-0.4, -0.2) is 41.0 Å². The van der Waals surface area contributed by atoms with Crippen molar-refractivity contribution >= 4 is 66.7 Å². The number of rotatable bonds is 6. The average Bonchev–Trinajstić information content (AvgIpc) is 3.04. The Hall–Kier alpha value is -1.90. The van der Waals surface area contributed by atoms with Crippen molar-refractivity contribution in [3.05, 3.63) is 53.0 Å². The predicted molar refractivity (Wildman–Crippen MR) is 111 cm³/mol. The van der Waals surface area contributed by atoms with E-state index >= 15 is 0 Å². The van der Waals surface area contributed by atoms with E-state index in [4.69, 9.17) is 0 Å². The minimum Gasteiger partial charge on any atom is -0.336 e. The lowest BCUT2D eigenvalue weighted by molar-refractivity contribution is -0.131. The van der Waals surface area contributed by atoms with E-state index in [1.54, 1.807) is 24.5 Å². The summed E-state index contributed by atoms with van der Waals surface area (Å²) >= 11 is 6.34. The topological polar surface area (TPSA) is 62.3 Å². The van der Waals surface area contributed by atoms with Crippen LogP contribution in [0.3, 0.4) is 0 Å². The molecule has 0 atom stereocenters. The van der Waals surface area contributed by atoms with Crippen molar-refractivity contribution in [1.82, 2.24) is 9.88 Å². The van der Waals surface area contributed by atoms with Gasteiger partial charge in [-0.1, -0.05) is 36.0 Å². The number of nitrogens with zero attached hydrogens (tertiary/aromatic N) is 2. The van der Waals surface area contributed by atoms with E-state index in [0.29, 0.717) is 5.69 Å². The molecule has 8 heteroatoms. The van der Waals surface area contributed by atoms with Gasteiger partial charge in [0.05, 0.1) is 28.2 Å². The molecule has 0 fully saturated rings. The third-order valence-corrected chi connectivity index (χ3v) is 6.40. The number of hydrogen-bond donors (Lipinski definition) is 1. The summed E-state index contributed by atoms with van der Waals surface area (Å²) in [5.41, 5.74) is 1.62. The van der Waals surface area contributed by atoms with Gasteiger partial charge < -0.3 is 10.2 Å². The van der Waals surface area contributed by atoms with Crippen molar-refractivity contribution in [1.29, 1.82) is 0 Å². The van der Waals surface area contributed by atoms with Crippen molar-refractivity contribution < 1.29 is 9.59 Å². The number of carbonyl (C=O) groups excluding carboxylic acids is 2. The van der Waals surface area contributed by atoms with Crippen LogP contribution in [0.5, 0.6) is 0 Å². The maximum Gasteiger partial charge on any atom is 0.244 e. The fraction of sp³-hybridized carbons (Fsp3) is 0.167. The highest BCUT2D eigenvalue weighted by Crippen LogP contribution is 2.29. The summed E-state index contributed by atoms with van der Waals surface area (Å²) in [6.45, 7) is 0.000568. The number of thiazole rings is 1. The fourth-order valence-corrected chi connectivity index (χ4v) is 4.60. The highest BCUT2D eigenvalue weighted by Gasteiger charge is 2.15. The molecule has 0 saturated carbocycles. The fourth-order valence-electron chi connectivity index (χ4n) is 2.20. The maximum absolute atomic E-state index is 12.3. The van der Waals surface area contributed by atoms with Gasteiger partial charge in [-0.25, -0.2) is 4.98 Å². The molecule has 26 heavy (non-hydrogen) atoms. The molecule has 0 aliphatic carbocycles. The van der Waals surface area contributed by atoms with E-state index in [-0.39, 0.29) is 24.1 Å². The second kappa shape index (κ2) is 8.66. The molecule has 5 nitrogen and oxygen atoms in total. The van der Waals surface area contributed by atoms with Crippen molar-refractivity contribution in [3.63, 3.8) is 0 Å². The average molecular weight is 450 g/mol. The van der Waals surface area contributed by atoms with Gasteiger partial charge in [0.2, 0.25) is 11.8 Å². The summed E-state index contributed by atoms with van der Waals surface area (Å²) in [6, 6.07) is 15.2. The van der Waals surface area contributed by atoms with Gasteiger partial charge in [0.15, 0.2) is 4.34 Å². The van der Waals surface area contributed by atoms with Crippen LogP contribution in [-0.2, 0) is 9.59 Å². The van der Waals surface area contributed by atoms with Gasteiger partial charge in [0.1, 0.15) is 0 Å². The number of amides is 2. The largest absolute Gasteiger partial charge is 0.336 e. The van der Waals surface area contributed by atoms with Gasteiger partial charge in [0.25, 0.3) is 0 Å². The van der Waals surface area contributed by atoms with Crippen molar-refractivity contribution in [2.75, 3.05) is 24.7 Å². The van der Waals surface area contributed by atoms with E-state index < -0.39 is 0 Å². The van der Waals surface area contributed by atoms with Crippen LogP contribution < -0.4 is 5.32 Å². The molecule has 0 spiro atoms. The minimum absolute atomic E-state index is 0.000568. The zero-order valence-electron chi connectivity index (χ0n) is 13.9. The molecule has 0 saturated heterocycles. The van der Waals surface area contributed by atoms with E-state index in [1.807, 2.05) is 42.5 Å². The molecule has 0 unspecified atom stereocenters. The number of para-hydroxylation sites is 2. The van der Waals surface area contributed by atoms with E-state index in [9.17, 15) is 9.59 Å². The number of benzene rings is 2. The first kappa shape index (κ1) is 18.9. The second-order valence-electron chi connectivity index (χ2n) is 5.51. The SMILES string of the molecule is CN(CC(=O)Nc1ccccc1Br)C(=O)CSc1nc2ccccc2s1. The molecule has 3 aromatic rings. The number of likely N-dealkylation sites (N-methyl/N-ethyl adjacent to an activating group) is 1. The molecule has 0 radical (unpaired) electrons. The zero-order chi connectivity index (χ0) is 18.5. The Bertz CT molecular complexity index is 912. The standard InChI is InChI=1S/C18H16BrN3O2S2/c1-22(10-16(23)20-13-7-3-2-6-12(13)19)17(24)11-25-18-21-14-8-4-5-9-15(14)26-18/h2-9H,10-11H2,1H3,(H,20,23). The number of anilines is 1. The highest BCUT2D eigenvalue weighted by atomic mass is 79.9. The monoisotopic (exact) mass is 449 g/mol. The number of nitrogens with one attached hydrogen (secondary N) is 1. The zero-order valence-corrected chi connectivity index (χ0v) is 17.2. The first-order chi connectivity index (χ1) is 12.5. The maximum atomic E-state index is 12.3. The Morgan fingerprint density at radius 2 is 1.92 bits per heavy atom. The Morgan fingerprint density at radius 1 is 1.19 bits per heavy atom. The molecule has 3 rings (SSSR count). The van der Waals surface area contributed by atoms with Gasteiger partial charge >= 0.3 is 0 Å². The summed E-state index contributed by atoms with van der Waals surface area (Å²) in [4.78, 5) is 30.3. The van der Waals surface area contributed by atoms with Crippen LogP contribution in [0.15, 0.2) is 57.3 Å².